The number of amides is 3. The van der Waals surface area contributed by atoms with Gasteiger partial charge in [-0.2, -0.15) is 0 Å². The molecule has 0 spiro atoms. The molecule has 0 saturated heterocycles. The maximum Gasteiger partial charge on any atom is 0.326 e. The molecule has 3 amide bonds. The van der Waals surface area contributed by atoms with Gasteiger partial charge in [0.2, 0.25) is 17.7 Å². The molecule has 0 saturated carbocycles. The highest BCUT2D eigenvalue weighted by Gasteiger charge is 2.29. The van der Waals surface area contributed by atoms with Crippen LogP contribution < -0.4 is 21.7 Å². The molecule has 0 aliphatic heterocycles. The molecular weight excluding hydrogens is 470 g/mol. The van der Waals surface area contributed by atoms with Crippen molar-refractivity contribution in [3.63, 3.8) is 0 Å². The van der Waals surface area contributed by atoms with Crippen molar-refractivity contribution in [2.24, 2.45) is 11.7 Å². The van der Waals surface area contributed by atoms with Gasteiger partial charge in [0.15, 0.2) is 0 Å². The van der Waals surface area contributed by atoms with Crippen molar-refractivity contribution in [3.05, 3.63) is 36.0 Å². The van der Waals surface area contributed by atoms with E-state index in [2.05, 4.69) is 20.9 Å². The lowest BCUT2D eigenvalue weighted by Gasteiger charge is -2.24. The third kappa shape index (κ3) is 8.08. The minimum atomic E-state index is -1.34. The zero-order valence-corrected chi connectivity index (χ0v) is 20.4. The Morgan fingerprint density at radius 3 is 2.17 bits per heavy atom. The number of carbonyl (C=O) groups excluding carboxylic acids is 3. The lowest BCUT2D eigenvalue weighted by atomic mass is 10.0. The minimum Gasteiger partial charge on any atom is -0.481 e. The molecule has 196 valence electrons. The van der Waals surface area contributed by atoms with Crippen LogP contribution in [0.25, 0.3) is 10.9 Å². The quantitative estimate of drug-likeness (QED) is 0.199. The van der Waals surface area contributed by atoms with E-state index in [0.29, 0.717) is 5.56 Å². The van der Waals surface area contributed by atoms with Gasteiger partial charge in [0.1, 0.15) is 18.1 Å². The SMILES string of the molecule is CC(C)CC(NC(=O)C(N)CC(=O)O)C(=O)NC(C)C(=O)NC(Cc1c[nH]c2ccccc12)C(=O)O. The second-order valence-corrected chi connectivity index (χ2v) is 9.09. The van der Waals surface area contributed by atoms with Crippen molar-refractivity contribution >= 4 is 40.6 Å². The van der Waals surface area contributed by atoms with Crippen LogP contribution in [0, 0.1) is 5.92 Å². The molecule has 4 unspecified atom stereocenters. The lowest BCUT2D eigenvalue weighted by Crippen LogP contribution is -2.56. The van der Waals surface area contributed by atoms with Crippen LogP contribution in [0.1, 0.15) is 39.2 Å². The Morgan fingerprint density at radius 1 is 0.917 bits per heavy atom. The summed E-state index contributed by atoms with van der Waals surface area (Å²) in [6.45, 7) is 5.03. The fourth-order valence-electron chi connectivity index (χ4n) is 3.66. The van der Waals surface area contributed by atoms with Crippen LogP contribution in [0.3, 0.4) is 0 Å². The number of nitrogens with one attached hydrogen (secondary N) is 4. The van der Waals surface area contributed by atoms with Gasteiger partial charge in [0.05, 0.1) is 12.5 Å². The van der Waals surface area contributed by atoms with Crippen molar-refractivity contribution in [2.45, 2.75) is 64.2 Å². The fourth-order valence-corrected chi connectivity index (χ4v) is 3.66. The molecule has 4 atom stereocenters. The number of hydrogen-bond acceptors (Lipinski definition) is 6. The molecule has 0 radical (unpaired) electrons. The predicted molar refractivity (Wildman–Crippen MR) is 131 cm³/mol. The Morgan fingerprint density at radius 2 is 1.56 bits per heavy atom. The molecule has 1 heterocycles. The molecule has 0 aliphatic carbocycles. The monoisotopic (exact) mass is 503 g/mol. The van der Waals surface area contributed by atoms with Crippen LogP contribution >= 0.6 is 0 Å². The summed E-state index contributed by atoms with van der Waals surface area (Å²) < 4.78 is 0. The Kier molecular flexibility index (Phi) is 9.97. The van der Waals surface area contributed by atoms with Gasteiger partial charge in [-0.3, -0.25) is 19.2 Å². The number of aromatic nitrogens is 1. The molecule has 1 aromatic heterocycles. The second kappa shape index (κ2) is 12.7. The molecule has 1 aromatic carbocycles. The number of aliphatic carboxylic acids is 2. The Labute approximate surface area is 208 Å². The number of nitrogens with two attached hydrogens (primary N) is 1. The number of benzene rings is 1. The molecular formula is C24H33N5O7. The number of carboxylic acid groups (broad SMARTS) is 2. The standard InChI is InChI=1S/C24H33N5O7/c1-12(2)8-18(28-22(33)16(25)10-20(30)31)23(34)27-13(3)21(32)29-19(24(35)36)9-14-11-26-17-7-5-4-6-15(14)17/h4-7,11-13,16,18-19,26H,8-10,25H2,1-3H3,(H,27,34)(H,28,33)(H,29,32)(H,30,31)(H,35,36). The smallest absolute Gasteiger partial charge is 0.326 e. The van der Waals surface area contributed by atoms with E-state index in [1.165, 1.54) is 6.92 Å². The first kappa shape index (κ1) is 28.3. The minimum absolute atomic E-state index is 0.0200. The number of para-hydroxylation sites is 1. The van der Waals surface area contributed by atoms with Crippen molar-refractivity contribution in [2.75, 3.05) is 0 Å². The topological polar surface area (TPSA) is 204 Å². The molecule has 8 N–H and O–H groups in total. The van der Waals surface area contributed by atoms with E-state index in [9.17, 15) is 29.1 Å². The van der Waals surface area contributed by atoms with Crippen LogP contribution in [0.5, 0.6) is 0 Å². The van der Waals surface area contributed by atoms with E-state index in [-0.39, 0.29) is 18.8 Å². The Hall–Kier alpha value is -3.93. The molecule has 12 heteroatoms. The van der Waals surface area contributed by atoms with Gasteiger partial charge < -0.3 is 36.9 Å². The van der Waals surface area contributed by atoms with Crippen LogP contribution in [0.2, 0.25) is 0 Å². The highest BCUT2D eigenvalue weighted by atomic mass is 16.4. The summed E-state index contributed by atoms with van der Waals surface area (Å²) in [5, 5.41) is 26.7. The Bertz CT molecular complexity index is 1110. The second-order valence-electron chi connectivity index (χ2n) is 9.09. The predicted octanol–water partition coefficient (Wildman–Crippen LogP) is 0.117. The maximum absolute atomic E-state index is 12.8. The molecule has 2 rings (SSSR count). The zero-order chi connectivity index (χ0) is 27.0. The number of carboxylic acids is 2. The van der Waals surface area contributed by atoms with Crippen LogP contribution in [-0.2, 0) is 30.4 Å². The number of rotatable bonds is 13. The molecule has 12 nitrogen and oxygen atoms in total. The first-order valence-electron chi connectivity index (χ1n) is 11.5. The van der Waals surface area contributed by atoms with Crippen molar-refractivity contribution in [1.29, 1.82) is 0 Å². The highest BCUT2D eigenvalue weighted by Crippen LogP contribution is 2.19. The zero-order valence-electron chi connectivity index (χ0n) is 20.4. The first-order valence-corrected chi connectivity index (χ1v) is 11.5. The van der Waals surface area contributed by atoms with E-state index in [1.54, 1.807) is 6.20 Å². The van der Waals surface area contributed by atoms with Gasteiger partial charge in [0.25, 0.3) is 0 Å². The van der Waals surface area contributed by atoms with Crippen LogP contribution in [-0.4, -0.2) is 69.0 Å². The number of aromatic amines is 1. The van der Waals surface area contributed by atoms with Gasteiger partial charge in [-0.1, -0.05) is 32.0 Å². The lowest BCUT2D eigenvalue weighted by molar-refractivity contribution is -0.142. The number of carbonyl (C=O) groups is 5. The van der Waals surface area contributed by atoms with E-state index >= 15 is 0 Å². The average molecular weight is 504 g/mol. The van der Waals surface area contributed by atoms with Crippen LogP contribution in [0.15, 0.2) is 30.5 Å². The summed E-state index contributed by atoms with van der Waals surface area (Å²) in [4.78, 5) is 63.4. The van der Waals surface area contributed by atoms with Crippen LogP contribution in [0.4, 0.5) is 0 Å². The molecule has 0 fully saturated rings. The van der Waals surface area contributed by atoms with Gasteiger partial charge in [-0.15, -0.1) is 0 Å². The van der Waals surface area contributed by atoms with Crippen molar-refractivity contribution in [3.8, 4) is 0 Å². The summed E-state index contributed by atoms with van der Waals surface area (Å²) in [6, 6.07) is 2.62. The van der Waals surface area contributed by atoms with Crippen molar-refractivity contribution < 1.29 is 34.2 Å². The maximum atomic E-state index is 12.8. The number of hydrogen-bond donors (Lipinski definition) is 7. The summed E-state index contributed by atoms with van der Waals surface area (Å²) >= 11 is 0. The first-order chi connectivity index (χ1) is 16.9. The highest BCUT2D eigenvalue weighted by molar-refractivity contribution is 5.94. The summed E-state index contributed by atoms with van der Waals surface area (Å²) in [5.41, 5.74) is 7.13. The normalized spacial score (nSPS) is 14.5. The van der Waals surface area contributed by atoms with E-state index in [1.807, 2.05) is 38.1 Å². The third-order valence-corrected chi connectivity index (χ3v) is 5.54. The molecule has 0 aliphatic rings. The Balaban J connectivity index is 2.03. The number of fused-ring (bicyclic) bond motifs is 1. The van der Waals surface area contributed by atoms with Crippen molar-refractivity contribution in [1.82, 2.24) is 20.9 Å². The van der Waals surface area contributed by atoms with Gasteiger partial charge in [-0.25, -0.2) is 4.79 Å². The van der Waals surface area contributed by atoms with E-state index in [0.717, 1.165) is 10.9 Å². The van der Waals surface area contributed by atoms with E-state index in [4.69, 9.17) is 10.8 Å². The molecule has 36 heavy (non-hydrogen) atoms. The molecule has 2 aromatic rings. The largest absolute Gasteiger partial charge is 0.481 e. The summed E-state index contributed by atoms with van der Waals surface area (Å²) in [7, 11) is 0. The van der Waals surface area contributed by atoms with E-state index < -0.39 is 60.2 Å². The average Bonchev–Trinajstić information content (AvgIpc) is 3.19. The fraction of sp³-hybridized carbons (Fsp3) is 0.458. The number of H-pyrrole nitrogens is 1. The molecule has 0 bridgehead atoms. The van der Waals surface area contributed by atoms with Gasteiger partial charge in [0, 0.05) is 23.5 Å². The van der Waals surface area contributed by atoms with Gasteiger partial charge in [-0.05, 0) is 30.9 Å². The third-order valence-electron chi connectivity index (χ3n) is 5.54. The summed E-state index contributed by atoms with van der Waals surface area (Å²) in [5.74, 6) is -4.70. The van der Waals surface area contributed by atoms with Gasteiger partial charge >= 0.3 is 11.9 Å². The summed E-state index contributed by atoms with van der Waals surface area (Å²) in [6.07, 6.45) is 1.32.